The van der Waals surface area contributed by atoms with Crippen molar-refractivity contribution in [1.29, 1.82) is 0 Å². The van der Waals surface area contributed by atoms with E-state index in [4.69, 9.17) is 5.11 Å². The van der Waals surface area contributed by atoms with E-state index in [0.29, 0.717) is 5.69 Å². The molecule has 76 valence electrons. The molecule has 0 spiro atoms. The first-order valence-corrected chi connectivity index (χ1v) is 4.74. The Labute approximate surface area is 87.4 Å². The summed E-state index contributed by atoms with van der Waals surface area (Å²) >= 11 is 0. The average Bonchev–Trinajstić information content (AvgIpc) is 2.16. The van der Waals surface area contributed by atoms with E-state index >= 15 is 0 Å². The van der Waals surface area contributed by atoms with Gasteiger partial charge in [-0.3, -0.25) is 9.78 Å². The monoisotopic (exact) mass is 201 g/mol. The number of carbonyl (C=O) groups is 1. The van der Waals surface area contributed by atoms with Gasteiger partial charge in [0.2, 0.25) is 0 Å². The van der Waals surface area contributed by atoms with Crippen LogP contribution in [0.4, 0.5) is 0 Å². The summed E-state index contributed by atoms with van der Waals surface area (Å²) in [5, 5.41) is 9.77. The van der Waals surface area contributed by atoms with E-state index in [-0.39, 0.29) is 6.42 Å². The maximum absolute atomic E-state index is 10.6. The van der Waals surface area contributed by atoms with E-state index in [1.165, 1.54) is 0 Å². The third-order valence-corrected chi connectivity index (χ3v) is 2.31. The van der Waals surface area contributed by atoms with E-state index in [0.717, 1.165) is 16.5 Å². The lowest BCUT2D eigenvalue weighted by Gasteiger charge is -2.04. The van der Waals surface area contributed by atoms with E-state index in [1.54, 1.807) is 0 Å². The molecule has 0 radical (unpaired) electrons. The predicted molar refractivity (Wildman–Crippen MR) is 57.8 cm³/mol. The number of benzene rings is 1. The van der Waals surface area contributed by atoms with Crippen LogP contribution in [-0.4, -0.2) is 16.1 Å². The molecule has 0 amide bonds. The lowest BCUT2D eigenvalue weighted by atomic mass is 10.1. The van der Waals surface area contributed by atoms with Crippen LogP contribution in [0.2, 0.25) is 0 Å². The van der Waals surface area contributed by atoms with Crippen molar-refractivity contribution in [2.45, 2.75) is 13.3 Å². The highest BCUT2D eigenvalue weighted by Gasteiger charge is 2.05. The van der Waals surface area contributed by atoms with Crippen molar-refractivity contribution in [3.63, 3.8) is 0 Å². The van der Waals surface area contributed by atoms with Gasteiger partial charge in [-0.1, -0.05) is 18.2 Å². The van der Waals surface area contributed by atoms with Crippen LogP contribution in [0, 0.1) is 6.92 Å². The van der Waals surface area contributed by atoms with Crippen LogP contribution >= 0.6 is 0 Å². The molecule has 0 aliphatic heterocycles. The number of fused-ring (bicyclic) bond motifs is 1. The fraction of sp³-hybridized carbons (Fsp3) is 0.167. The normalized spacial score (nSPS) is 10.5. The second-order valence-corrected chi connectivity index (χ2v) is 3.52. The van der Waals surface area contributed by atoms with E-state index < -0.39 is 5.97 Å². The molecule has 0 unspecified atom stereocenters. The molecule has 1 heterocycles. The van der Waals surface area contributed by atoms with Gasteiger partial charge < -0.3 is 5.11 Å². The van der Waals surface area contributed by atoms with Gasteiger partial charge in [-0.2, -0.15) is 0 Å². The molecule has 2 rings (SSSR count). The van der Waals surface area contributed by atoms with Crippen molar-refractivity contribution in [2.75, 3.05) is 0 Å². The van der Waals surface area contributed by atoms with Gasteiger partial charge in [-0.05, 0) is 24.6 Å². The molecule has 0 aliphatic carbocycles. The van der Waals surface area contributed by atoms with Gasteiger partial charge >= 0.3 is 5.97 Å². The maximum Gasteiger partial charge on any atom is 0.309 e. The Morgan fingerprint density at radius 1 is 1.40 bits per heavy atom. The first kappa shape index (κ1) is 9.65. The van der Waals surface area contributed by atoms with Crippen molar-refractivity contribution in [2.24, 2.45) is 0 Å². The Kier molecular flexibility index (Phi) is 2.37. The number of para-hydroxylation sites is 1. The van der Waals surface area contributed by atoms with Crippen LogP contribution in [0.5, 0.6) is 0 Å². The fourth-order valence-corrected chi connectivity index (χ4v) is 1.66. The zero-order valence-electron chi connectivity index (χ0n) is 8.40. The van der Waals surface area contributed by atoms with Crippen molar-refractivity contribution >= 4 is 16.9 Å². The Balaban J connectivity index is 2.57. The van der Waals surface area contributed by atoms with Crippen molar-refractivity contribution in [3.05, 3.63) is 41.6 Å². The van der Waals surface area contributed by atoms with Crippen molar-refractivity contribution < 1.29 is 9.90 Å². The third-order valence-electron chi connectivity index (χ3n) is 2.31. The van der Waals surface area contributed by atoms with Gasteiger partial charge in [0.15, 0.2) is 0 Å². The molecule has 3 heteroatoms. The van der Waals surface area contributed by atoms with Gasteiger partial charge in [0.25, 0.3) is 0 Å². The summed E-state index contributed by atoms with van der Waals surface area (Å²) in [6, 6.07) is 9.57. The molecule has 3 nitrogen and oxygen atoms in total. The summed E-state index contributed by atoms with van der Waals surface area (Å²) in [6.07, 6.45) is -0.0221. The molecule has 0 bridgehead atoms. The molecule has 2 aromatic rings. The summed E-state index contributed by atoms with van der Waals surface area (Å²) in [5.41, 5.74) is 2.53. The minimum atomic E-state index is -0.850. The highest BCUT2D eigenvalue weighted by atomic mass is 16.4. The minimum Gasteiger partial charge on any atom is -0.481 e. The zero-order chi connectivity index (χ0) is 10.8. The largest absolute Gasteiger partial charge is 0.481 e. The van der Waals surface area contributed by atoms with Crippen molar-refractivity contribution in [1.82, 2.24) is 4.98 Å². The average molecular weight is 201 g/mol. The first-order valence-electron chi connectivity index (χ1n) is 4.74. The molecule has 1 aromatic heterocycles. The number of carboxylic acids is 1. The number of nitrogens with zero attached hydrogens (tertiary/aromatic N) is 1. The van der Waals surface area contributed by atoms with Crippen LogP contribution < -0.4 is 0 Å². The second kappa shape index (κ2) is 3.69. The molecule has 0 saturated heterocycles. The molecule has 1 N–H and O–H groups in total. The lowest BCUT2D eigenvalue weighted by molar-refractivity contribution is -0.136. The molecule has 0 fully saturated rings. The molecule has 0 atom stereocenters. The number of pyridine rings is 1. The van der Waals surface area contributed by atoms with E-state index in [1.807, 2.05) is 37.3 Å². The predicted octanol–water partition coefficient (Wildman–Crippen LogP) is 2.17. The molecule has 0 aliphatic rings. The van der Waals surface area contributed by atoms with E-state index in [9.17, 15) is 4.79 Å². The second-order valence-electron chi connectivity index (χ2n) is 3.52. The molecule has 15 heavy (non-hydrogen) atoms. The molecule has 1 aromatic carbocycles. The number of aryl methyl sites for hydroxylation is 1. The summed E-state index contributed by atoms with van der Waals surface area (Å²) in [4.78, 5) is 14.9. The summed E-state index contributed by atoms with van der Waals surface area (Å²) < 4.78 is 0. The summed E-state index contributed by atoms with van der Waals surface area (Å²) in [5.74, 6) is -0.850. The minimum absolute atomic E-state index is 0.0221. The van der Waals surface area contributed by atoms with Crippen LogP contribution in [0.1, 0.15) is 11.3 Å². The third kappa shape index (κ3) is 1.96. The van der Waals surface area contributed by atoms with Gasteiger partial charge in [0, 0.05) is 5.39 Å². The quantitative estimate of drug-likeness (QED) is 0.810. The SMILES string of the molecule is Cc1cc(CC(=O)O)nc2ccccc12. The zero-order valence-corrected chi connectivity index (χ0v) is 8.40. The Morgan fingerprint density at radius 3 is 2.87 bits per heavy atom. The fourth-order valence-electron chi connectivity index (χ4n) is 1.66. The highest BCUT2D eigenvalue weighted by Crippen LogP contribution is 2.17. The molecule has 0 saturated carbocycles. The van der Waals surface area contributed by atoms with Gasteiger partial charge in [0.1, 0.15) is 0 Å². The van der Waals surface area contributed by atoms with Crippen LogP contribution in [-0.2, 0) is 11.2 Å². The lowest BCUT2D eigenvalue weighted by Crippen LogP contribution is -2.02. The Morgan fingerprint density at radius 2 is 2.13 bits per heavy atom. The van der Waals surface area contributed by atoms with Crippen LogP contribution in [0.15, 0.2) is 30.3 Å². The van der Waals surface area contributed by atoms with Gasteiger partial charge in [0.05, 0.1) is 17.6 Å². The highest BCUT2D eigenvalue weighted by molar-refractivity contribution is 5.82. The number of carboxylic acid groups (broad SMARTS) is 1. The summed E-state index contributed by atoms with van der Waals surface area (Å²) in [7, 11) is 0. The Hall–Kier alpha value is -1.90. The standard InChI is InChI=1S/C12H11NO2/c1-8-6-9(7-12(14)15)13-11-5-3-2-4-10(8)11/h2-6H,7H2,1H3,(H,14,15). The summed E-state index contributed by atoms with van der Waals surface area (Å²) in [6.45, 7) is 1.97. The topological polar surface area (TPSA) is 50.2 Å². The maximum atomic E-state index is 10.6. The number of aromatic nitrogens is 1. The van der Waals surface area contributed by atoms with Gasteiger partial charge in [-0.25, -0.2) is 0 Å². The number of hydrogen-bond donors (Lipinski definition) is 1. The number of hydrogen-bond acceptors (Lipinski definition) is 2. The van der Waals surface area contributed by atoms with Crippen LogP contribution in [0.3, 0.4) is 0 Å². The van der Waals surface area contributed by atoms with Crippen molar-refractivity contribution in [3.8, 4) is 0 Å². The smallest absolute Gasteiger partial charge is 0.309 e. The van der Waals surface area contributed by atoms with Crippen LogP contribution in [0.25, 0.3) is 10.9 Å². The van der Waals surface area contributed by atoms with Gasteiger partial charge in [-0.15, -0.1) is 0 Å². The Bertz CT molecular complexity index is 520. The first-order chi connectivity index (χ1) is 7.16. The molecular formula is C12H11NO2. The number of aliphatic carboxylic acids is 1. The molecular weight excluding hydrogens is 190 g/mol. The number of rotatable bonds is 2. The van der Waals surface area contributed by atoms with E-state index in [2.05, 4.69) is 4.98 Å².